The van der Waals surface area contributed by atoms with E-state index in [1.54, 1.807) is 19.1 Å². The number of thioether (sulfide) groups is 1. The highest BCUT2D eigenvalue weighted by atomic mass is 32.2. The van der Waals surface area contributed by atoms with Gasteiger partial charge in [0.1, 0.15) is 0 Å². The van der Waals surface area contributed by atoms with Gasteiger partial charge in [-0.05, 0) is 49.9 Å². The third kappa shape index (κ3) is 4.79. The molecule has 30 heavy (non-hydrogen) atoms. The molecule has 1 N–H and O–H groups in total. The smallest absolute Gasteiger partial charge is 0.234 e. The number of nitrogens with zero attached hydrogens (tertiary/aromatic N) is 3. The quantitative estimate of drug-likeness (QED) is 0.443. The minimum Gasteiger partial charge on any atom is -0.376 e. The first kappa shape index (κ1) is 21.5. The van der Waals surface area contributed by atoms with Gasteiger partial charge in [-0.15, -0.1) is 10.2 Å². The highest BCUT2D eigenvalue weighted by Crippen LogP contribution is 2.32. The summed E-state index contributed by atoms with van der Waals surface area (Å²) in [7, 11) is -3.28. The van der Waals surface area contributed by atoms with E-state index in [1.165, 1.54) is 27.4 Å². The maximum atomic E-state index is 12.6. The molecule has 1 atom stereocenters. The van der Waals surface area contributed by atoms with Crippen LogP contribution in [-0.4, -0.2) is 61.7 Å². The molecule has 8 nitrogen and oxygen atoms in total. The molecule has 0 aliphatic carbocycles. The zero-order valence-electron chi connectivity index (χ0n) is 16.7. The monoisotopic (exact) mass is 468 g/mol. The van der Waals surface area contributed by atoms with E-state index in [0.717, 1.165) is 41.0 Å². The predicted octanol–water partition coefficient (Wildman–Crippen LogP) is 2.82. The van der Waals surface area contributed by atoms with Crippen LogP contribution >= 0.6 is 23.1 Å². The molecule has 0 amide bonds. The summed E-state index contributed by atoms with van der Waals surface area (Å²) < 4.78 is 32.2. The van der Waals surface area contributed by atoms with Crippen LogP contribution in [-0.2, 0) is 21.2 Å². The molecule has 0 saturated carbocycles. The second kappa shape index (κ2) is 9.21. The molecule has 2 aromatic rings. The summed E-state index contributed by atoms with van der Waals surface area (Å²) in [6, 6.07) is 5.27. The molecule has 0 unspecified atom stereocenters. The van der Waals surface area contributed by atoms with E-state index in [4.69, 9.17) is 4.74 Å². The number of fused-ring (bicyclic) bond motifs is 1. The standard InChI is InChI=1S/C19H24N4O4S3/c1-2-30(25,26)23-8-7-13-10-14(5-6-16(13)23)17(24)12-28-19-22-21-18(29-19)20-11-15-4-3-9-27-15/h5-6,10,15H,2-4,7-9,11-12H2,1H3,(H,20,21)/t15-/m1/s1. The Morgan fingerprint density at radius 1 is 1.40 bits per heavy atom. The van der Waals surface area contributed by atoms with Crippen molar-refractivity contribution in [1.82, 2.24) is 10.2 Å². The lowest BCUT2D eigenvalue weighted by Crippen LogP contribution is -2.30. The molecule has 2 aliphatic rings. The number of nitrogens with one attached hydrogen (secondary N) is 1. The lowest BCUT2D eigenvalue weighted by molar-refractivity contribution is 0.102. The number of hydrogen-bond donors (Lipinski definition) is 1. The molecule has 162 valence electrons. The van der Waals surface area contributed by atoms with Crippen LogP contribution in [0.1, 0.15) is 35.7 Å². The van der Waals surface area contributed by atoms with Crippen LogP contribution in [0.15, 0.2) is 22.5 Å². The van der Waals surface area contributed by atoms with Gasteiger partial charge < -0.3 is 10.1 Å². The lowest BCUT2D eigenvalue weighted by Gasteiger charge is -2.18. The number of carbonyl (C=O) groups is 1. The van der Waals surface area contributed by atoms with Crippen LogP contribution in [0.4, 0.5) is 10.8 Å². The van der Waals surface area contributed by atoms with Crippen LogP contribution in [0.2, 0.25) is 0 Å². The highest BCUT2D eigenvalue weighted by Gasteiger charge is 2.28. The maximum absolute atomic E-state index is 12.6. The van der Waals surface area contributed by atoms with Crippen molar-refractivity contribution in [2.45, 2.75) is 36.6 Å². The summed E-state index contributed by atoms with van der Waals surface area (Å²) in [5.41, 5.74) is 2.18. The van der Waals surface area contributed by atoms with Gasteiger partial charge in [-0.2, -0.15) is 0 Å². The Morgan fingerprint density at radius 2 is 2.27 bits per heavy atom. The number of ether oxygens (including phenoxy) is 1. The predicted molar refractivity (Wildman–Crippen MR) is 119 cm³/mol. The number of anilines is 2. The second-order valence-electron chi connectivity index (χ2n) is 7.17. The van der Waals surface area contributed by atoms with E-state index in [-0.39, 0.29) is 23.4 Å². The summed E-state index contributed by atoms with van der Waals surface area (Å²) in [4.78, 5) is 12.6. The van der Waals surface area contributed by atoms with E-state index >= 15 is 0 Å². The van der Waals surface area contributed by atoms with Crippen LogP contribution < -0.4 is 9.62 Å². The Hall–Kier alpha value is -1.69. The minimum atomic E-state index is -3.28. The molecule has 1 saturated heterocycles. The van der Waals surface area contributed by atoms with Crippen molar-refractivity contribution >= 4 is 49.7 Å². The zero-order chi connectivity index (χ0) is 21.1. The Labute approximate surface area is 184 Å². The van der Waals surface area contributed by atoms with E-state index < -0.39 is 10.0 Å². The first-order valence-corrected chi connectivity index (χ1v) is 13.4. The van der Waals surface area contributed by atoms with Gasteiger partial charge in [-0.3, -0.25) is 9.10 Å². The van der Waals surface area contributed by atoms with Gasteiger partial charge in [0.15, 0.2) is 10.1 Å². The molecule has 2 aliphatic heterocycles. The summed E-state index contributed by atoms with van der Waals surface area (Å²) >= 11 is 2.79. The van der Waals surface area contributed by atoms with Crippen LogP contribution in [0.3, 0.4) is 0 Å². The van der Waals surface area contributed by atoms with Gasteiger partial charge in [-0.25, -0.2) is 8.42 Å². The third-order valence-electron chi connectivity index (χ3n) is 5.19. The molecule has 0 spiro atoms. The van der Waals surface area contributed by atoms with E-state index in [1.807, 2.05) is 6.07 Å². The van der Waals surface area contributed by atoms with Gasteiger partial charge in [0.25, 0.3) is 0 Å². The van der Waals surface area contributed by atoms with E-state index in [0.29, 0.717) is 24.2 Å². The topological polar surface area (TPSA) is 101 Å². The first-order chi connectivity index (χ1) is 14.5. The SMILES string of the molecule is CCS(=O)(=O)N1CCc2cc(C(=O)CSc3nnc(NC[C@H]4CCCO4)s3)ccc21. The normalized spacial score (nSPS) is 18.6. The van der Waals surface area contributed by atoms with Crippen molar-refractivity contribution in [1.29, 1.82) is 0 Å². The fourth-order valence-corrected chi connectivity index (χ4v) is 6.36. The third-order valence-corrected chi connectivity index (χ3v) is 8.99. The average molecular weight is 469 g/mol. The van der Waals surface area contributed by atoms with Crippen molar-refractivity contribution in [2.24, 2.45) is 0 Å². The number of aromatic nitrogens is 2. The Bertz CT molecular complexity index is 1020. The number of rotatable bonds is 9. The fraction of sp³-hybridized carbons (Fsp3) is 0.526. The van der Waals surface area contributed by atoms with E-state index in [2.05, 4.69) is 15.5 Å². The molecule has 4 rings (SSSR count). The summed E-state index contributed by atoms with van der Waals surface area (Å²) in [6.07, 6.45) is 3.01. The molecule has 11 heteroatoms. The number of Topliss-reactive ketones (excluding diaryl/α,β-unsaturated/α-hetero) is 1. The molecule has 1 aromatic carbocycles. The van der Waals surface area contributed by atoms with Crippen molar-refractivity contribution < 1.29 is 17.9 Å². The Morgan fingerprint density at radius 3 is 3.03 bits per heavy atom. The highest BCUT2D eigenvalue weighted by molar-refractivity contribution is 8.01. The number of sulfonamides is 1. The number of benzene rings is 1. The second-order valence-corrected chi connectivity index (χ2v) is 11.5. The fourth-order valence-electron chi connectivity index (χ4n) is 3.55. The van der Waals surface area contributed by atoms with Gasteiger partial charge in [0, 0.05) is 25.3 Å². The van der Waals surface area contributed by atoms with Crippen LogP contribution in [0.25, 0.3) is 0 Å². The molecular formula is C19H24N4O4S3. The Kier molecular flexibility index (Phi) is 6.61. The van der Waals surface area contributed by atoms with Crippen LogP contribution in [0.5, 0.6) is 0 Å². The zero-order valence-corrected chi connectivity index (χ0v) is 19.1. The number of carbonyl (C=O) groups excluding carboxylic acids is 1. The molecule has 0 bridgehead atoms. The number of ketones is 1. The van der Waals surface area contributed by atoms with Crippen molar-refractivity contribution in [2.75, 3.05) is 40.8 Å². The lowest BCUT2D eigenvalue weighted by atomic mass is 10.1. The largest absolute Gasteiger partial charge is 0.376 e. The van der Waals surface area contributed by atoms with Gasteiger partial charge in [-0.1, -0.05) is 23.1 Å². The molecule has 3 heterocycles. The average Bonchev–Trinajstić information content (AvgIpc) is 3.50. The van der Waals surface area contributed by atoms with E-state index in [9.17, 15) is 13.2 Å². The van der Waals surface area contributed by atoms with Crippen LogP contribution in [0, 0.1) is 0 Å². The molecule has 0 radical (unpaired) electrons. The first-order valence-electron chi connectivity index (χ1n) is 9.94. The van der Waals surface area contributed by atoms with Gasteiger partial charge in [0.2, 0.25) is 15.2 Å². The molecule has 1 aromatic heterocycles. The van der Waals surface area contributed by atoms with Crippen molar-refractivity contribution in [3.8, 4) is 0 Å². The summed E-state index contributed by atoms with van der Waals surface area (Å²) in [5, 5.41) is 12.2. The maximum Gasteiger partial charge on any atom is 0.234 e. The van der Waals surface area contributed by atoms with Gasteiger partial charge >= 0.3 is 0 Å². The summed E-state index contributed by atoms with van der Waals surface area (Å²) in [6.45, 7) is 3.61. The molecular weight excluding hydrogens is 444 g/mol. The van der Waals surface area contributed by atoms with Gasteiger partial charge in [0.05, 0.1) is 23.3 Å². The summed E-state index contributed by atoms with van der Waals surface area (Å²) in [5.74, 6) is 0.315. The number of hydrogen-bond acceptors (Lipinski definition) is 9. The molecule has 1 fully saturated rings. The van der Waals surface area contributed by atoms with Crippen molar-refractivity contribution in [3.05, 3.63) is 29.3 Å². The van der Waals surface area contributed by atoms with Crippen molar-refractivity contribution in [3.63, 3.8) is 0 Å². The minimum absolute atomic E-state index is 0.0105. The Balaban J connectivity index is 1.33.